The Kier molecular flexibility index (Phi) is 67.0. The number of rotatable bonds is 73. The van der Waals surface area contributed by atoms with Crippen LogP contribution in [0.15, 0.2) is 12.2 Å². The number of likely N-dealkylation sites (N-methyl/N-ethyl adjacent to an activating group) is 1. The van der Waals surface area contributed by atoms with Gasteiger partial charge >= 0.3 is 0 Å². The van der Waals surface area contributed by atoms with Crippen LogP contribution in [0.1, 0.15) is 418 Å². The van der Waals surface area contributed by atoms with Crippen LogP contribution >= 0.6 is 7.82 Å². The Labute approximate surface area is 532 Å². The molecule has 0 aromatic rings. The molecule has 0 aromatic heterocycles. The lowest BCUT2D eigenvalue weighted by molar-refractivity contribution is -0.870. The van der Waals surface area contributed by atoms with Crippen molar-refractivity contribution in [3.8, 4) is 0 Å². The number of hydrogen-bond donors (Lipinski definition) is 2. The number of phosphoric ester groups is 1. The van der Waals surface area contributed by atoms with Gasteiger partial charge in [0.25, 0.3) is 7.82 Å². The Hall–Kier alpha value is -0.760. The topological polar surface area (TPSA) is 108 Å². The van der Waals surface area contributed by atoms with Crippen molar-refractivity contribution >= 4 is 13.7 Å². The van der Waals surface area contributed by atoms with Crippen LogP contribution in [0.3, 0.4) is 0 Å². The Morgan fingerprint density at radius 1 is 0.400 bits per heavy atom. The van der Waals surface area contributed by atoms with E-state index >= 15 is 0 Å². The third-order valence-corrected chi connectivity index (χ3v) is 19.2. The minimum atomic E-state index is -4.58. The molecule has 0 heterocycles. The molecule has 0 rings (SSSR count). The molecule has 508 valence electrons. The van der Waals surface area contributed by atoms with Gasteiger partial charge in [-0.3, -0.25) is 9.36 Å². The standard InChI is InChI=1S/C76H153N2O6P/c1-6-8-10-12-14-16-18-20-22-24-26-28-30-32-34-36-38-39-40-42-44-46-48-50-52-54-56-58-60-62-64-66-68-70-76(80)77-74(73-84-85(81,82)83-72-71-78(3,4)5)75(79)69-67-65-63-61-59-57-55-53-51-49-47-45-43-41-37-35-33-31-29-27-25-23-21-19-17-15-13-11-9-7-2/h24,26,74-75,79H,6-23,25,27-73H2,1-5H3,(H-,77,80,81,82)/b26-24-. The first kappa shape index (κ1) is 84.2. The second-order valence-electron chi connectivity index (χ2n) is 28.1. The minimum absolute atomic E-state index is 0.0162. The zero-order valence-electron chi connectivity index (χ0n) is 58.4. The third-order valence-electron chi connectivity index (χ3n) is 18.3. The van der Waals surface area contributed by atoms with Gasteiger partial charge in [-0.1, -0.05) is 386 Å². The predicted octanol–water partition coefficient (Wildman–Crippen LogP) is 24.2. The molecule has 8 nitrogen and oxygen atoms in total. The van der Waals surface area contributed by atoms with Crippen molar-refractivity contribution in [1.29, 1.82) is 0 Å². The molecule has 0 aromatic carbocycles. The van der Waals surface area contributed by atoms with Crippen molar-refractivity contribution in [2.24, 2.45) is 0 Å². The lowest BCUT2D eigenvalue weighted by Crippen LogP contribution is -2.46. The van der Waals surface area contributed by atoms with E-state index in [1.54, 1.807) is 0 Å². The average molecular weight is 1220 g/mol. The first-order chi connectivity index (χ1) is 41.5. The molecule has 0 fully saturated rings. The fraction of sp³-hybridized carbons (Fsp3) is 0.961. The van der Waals surface area contributed by atoms with Gasteiger partial charge in [-0.15, -0.1) is 0 Å². The summed E-state index contributed by atoms with van der Waals surface area (Å²) in [4.78, 5) is 25.7. The number of quaternary nitrogens is 1. The molecule has 0 aliphatic heterocycles. The number of nitrogens with one attached hydrogen (secondary N) is 1. The van der Waals surface area contributed by atoms with E-state index < -0.39 is 20.0 Å². The van der Waals surface area contributed by atoms with Gasteiger partial charge in [-0.25, -0.2) is 0 Å². The van der Waals surface area contributed by atoms with Gasteiger partial charge in [0.15, 0.2) is 0 Å². The van der Waals surface area contributed by atoms with Crippen LogP contribution in [-0.2, 0) is 18.4 Å². The van der Waals surface area contributed by atoms with Gasteiger partial charge in [-0.2, -0.15) is 0 Å². The minimum Gasteiger partial charge on any atom is -0.756 e. The summed E-state index contributed by atoms with van der Waals surface area (Å²) in [6.45, 7) is 4.80. The Bertz CT molecular complexity index is 1390. The molecule has 0 saturated carbocycles. The molecule has 1 amide bonds. The molecule has 0 bridgehead atoms. The lowest BCUT2D eigenvalue weighted by Gasteiger charge is -2.30. The van der Waals surface area contributed by atoms with E-state index in [1.807, 2.05) is 21.1 Å². The summed E-state index contributed by atoms with van der Waals surface area (Å²) in [6, 6.07) is -0.799. The van der Waals surface area contributed by atoms with Gasteiger partial charge in [0.2, 0.25) is 5.91 Å². The lowest BCUT2D eigenvalue weighted by atomic mass is 10.0. The number of aliphatic hydroxyl groups excluding tert-OH is 1. The Morgan fingerprint density at radius 3 is 0.918 bits per heavy atom. The number of unbranched alkanes of at least 4 members (excludes halogenated alkanes) is 58. The third kappa shape index (κ3) is 70.6. The molecule has 0 spiro atoms. The highest BCUT2D eigenvalue weighted by atomic mass is 31.2. The molecule has 3 atom stereocenters. The molecular formula is C76H153N2O6P. The van der Waals surface area contributed by atoms with Gasteiger partial charge in [0, 0.05) is 6.42 Å². The largest absolute Gasteiger partial charge is 0.756 e. The van der Waals surface area contributed by atoms with Crippen molar-refractivity contribution in [3.05, 3.63) is 12.2 Å². The number of carbonyl (C=O) groups is 1. The quantitative estimate of drug-likeness (QED) is 0.0272. The monoisotopic (exact) mass is 1220 g/mol. The smallest absolute Gasteiger partial charge is 0.268 e. The summed E-state index contributed by atoms with van der Waals surface area (Å²) in [5, 5.41) is 14.1. The number of nitrogens with zero attached hydrogens (tertiary/aromatic N) is 1. The van der Waals surface area contributed by atoms with Crippen LogP contribution in [0.2, 0.25) is 0 Å². The summed E-state index contributed by atoms with van der Waals surface area (Å²) in [5.74, 6) is -0.154. The van der Waals surface area contributed by atoms with Crippen LogP contribution in [0.25, 0.3) is 0 Å². The second kappa shape index (κ2) is 67.6. The van der Waals surface area contributed by atoms with Crippen LogP contribution in [-0.4, -0.2) is 68.5 Å². The molecule has 3 unspecified atom stereocenters. The molecule has 0 aliphatic carbocycles. The zero-order valence-corrected chi connectivity index (χ0v) is 59.3. The summed E-state index contributed by atoms with van der Waals surface area (Å²) >= 11 is 0. The number of carbonyl (C=O) groups excluding carboxylic acids is 1. The van der Waals surface area contributed by atoms with Crippen LogP contribution in [0.4, 0.5) is 0 Å². The fourth-order valence-corrected chi connectivity index (χ4v) is 13.0. The molecular weight excluding hydrogens is 1070 g/mol. The van der Waals surface area contributed by atoms with Crippen LogP contribution in [0.5, 0.6) is 0 Å². The van der Waals surface area contributed by atoms with Gasteiger partial charge in [0.05, 0.1) is 39.9 Å². The van der Waals surface area contributed by atoms with E-state index in [1.165, 1.54) is 353 Å². The van der Waals surface area contributed by atoms with Crippen molar-refractivity contribution < 1.29 is 32.9 Å². The number of amides is 1. The number of hydrogen-bond acceptors (Lipinski definition) is 6. The average Bonchev–Trinajstić information content (AvgIpc) is 3.49. The molecule has 0 saturated heterocycles. The van der Waals surface area contributed by atoms with Crippen molar-refractivity contribution in [2.75, 3.05) is 40.9 Å². The maximum atomic E-state index is 13.1. The van der Waals surface area contributed by atoms with E-state index in [4.69, 9.17) is 9.05 Å². The predicted molar refractivity (Wildman–Crippen MR) is 372 cm³/mol. The zero-order chi connectivity index (χ0) is 61.9. The summed E-state index contributed by atoms with van der Waals surface area (Å²) in [6.07, 6.45) is 87.5. The normalized spacial score (nSPS) is 13.5. The fourth-order valence-electron chi connectivity index (χ4n) is 12.3. The first-order valence-electron chi connectivity index (χ1n) is 38.5. The SMILES string of the molecule is CCCCCCCCCC/C=C\CCCCCCCCCCCCCCCCCCCCCCCC(=O)NC(COP(=O)([O-])OCC[N+](C)(C)C)C(O)CCCCCCCCCCCCCCCCCCCCCCCCCCCCCCCC. The molecule has 9 heteroatoms. The number of aliphatic hydroxyl groups is 1. The molecule has 2 N–H and O–H groups in total. The van der Waals surface area contributed by atoms with Gasteiger partial charge < -0.3 is 28.8 Å². The van der Waals surface area contributed by atoms with Crippen LogP contribution in [0, 0.1) is 0 Å². The maximum Gasteiger partial charge on any atom is 0.268 e. The van der Waals surface area contributed by atoms with E-state index in [9.17, 15) is 19.4 Å². The molecule has 85 heavy (non-hydrogen) atoms. The highest BCUT2D eigenvalue weighted by molar-refractivity contribution is 7.45. The van der Waals surface area contributed by atoms with E-state index in [0.29, 0.717) is 23.9 Å². The highest BCUT2D eigenvalue weighted by Gasteiger charge is 2.24. The summed E-state index contributed by atoms with van der Waals surface area (Å²) in [7, 11) is 1.33. The first-order valence-corrected chi connectivity index (χ1v) is 40.0. The number of phosphoric acid groups is 1. The maximum absolute atomic E-state index is 13.1. The second-order valence-corrected chi connectivity index (χ2v) is 29.5. The highest BCUT2D eigenvalue weighted by Crippen LogP contribution is 2.38. The Balaban J connectivity index is 3.93. The Morgan fingerprint density at radius 2 is 0.647 bits per heavy atom. The number of allylic oxidation sites excluding steroid dienone is 2. The van der Waals surface area contributed by atoms with Crippen molar-refractivity contribution in [3.63, 3.8) is 0 Å². The molecule has 0 aliphatic rings. The van der Waals surface area contributed by atoms with E-state index in [0.717, 1.165) is 38.5 Å². The summed E-state index contributed by atoms with van der Waals surface area (Å²) < 4.78 is 23.6. The van der Waals surface area contributed by atoms with Crippen LogP contribution < -0.4 is 10.2 Å². The van der Waals surface area contributed by atoms with E-state index in [-0.39, 0.29) is 19.1 Å². The van der Waals surface area contributed by atoms with Crippen molar-refractivity contribution in [2.45, 2.75) is 431 Å². The molecule has 0 radical (unpaired) electrons. The van der Waals surface area contributed by atoms with E-state index in [2.05, 4.69) is 31.3 Å². The van der Waals surface area contributed by atoms with Gasteiger partial charge in [0.1, 0.15) is 13.2 Å². The van der Waals surface area contributed by atoms with Crippen molar-refractivity contribution in [1.82, 2.24) is 5.32 Å². The van der Waals surface area contributed by atoms with Gasteiger partial charge in [-0.05, 0) is 38.5 Å². The summed E-state index contributed by atoms with van der Waals surface area (Å²) in [5.41, 5.74) is 0.